The minimum atomic E-state index is -0.568. The fraction of sp³-hybridized carbons (Fsp3) is 0.600. The maximum atomic E-state index is 12.9. The second kappa shape index (κ2) is 10.1. The average Bonchev–Trinajstić information content (AvgIpc) is 3.46. The molecule has 1 saturated heterocycles. The van der Waals surface area contributed by atoms with E-state index in [2.05, 4.69) is 25.7 Å². The Morgan fingerprint density at radius 1 is 1.11 bits per heavy atom. The topological polar surface area (TPSA) is 119 Å². The highest BCUT2D eigenvalue weighted by molar-refractivity contribution is 5.76. The first kappa shape index (κ1) is 23.4. The SMILES string of the molecule is CC(=O)NC1(c2noc(CCC(=O)N3CCC(c4nnc5ccccn45)CC3)n2)CCCCCC1. The van der Waals surface area contributed by atoms with Crippen molar-refractivity contribution in [1.82, 2.24) is 35.0 Å². The van der Waals surface area contributed by atoms with Crippen molar-refractivity contribution < 1.29 is 14.1 Å². The number of nitrogens with zero attached hydrogens (tertiary/aromatic N) is 6. The molecule has 1 saturated carbocycles. The molecule has 2 fully saturated rings. The van der Waals surface area contributed by atoms with Gasteiger partial charge in [0.05, 0.1) is 0 Å². The molecule has 1 aliphatic heterocycles. The van der Waals surface area contributed by atoms with Gasteiger partial charge in [-0.3, -0.25) is 14.0 Å². The van der Waals surface area contributed by atoms with E-state index in [4.69, 9.17) is 4.52 Å². The van der Waals surface area contributed by atoms with E-state index in [1.54, 1.807) is 0 Å². The van der Waals surface area contributed by atoms with Crippen LogP contribution < -0.4 is 5.32 Å². The van der Waals surface area contributed by atoms with Crippen LogP contribution in [0.3, 0.4) is 0 Å². The molecule has 0 atom stereocenters. The smallest absolute Gasteiger partial charge is 0.227 e. The molecule has 10 heteroatoms. The zero-order valence-electron chi connectivity index (χ0n) is 20.3. The van der Waals surface area contributed by atoms with Crippen LogP contribution in [0.25, 0.3) is 5.65 Å². The zero-order valence-corrected chi connectivity index (χ0v) is 20.3. The Morgan fingerprint density at radius 2 is 1.89 bits per heavy atom. The summed E-state index contributed by atoms with van der Waals surface area (Å²) in [5.41, 5.74) is 0.283. The van der Waals surface area contributed by atoms with Gasteiger partial charge in [0.15, 0.2) is 11.5 Å². The van der Waals surface area contributed by atoms with Gasteiger partial charge in [-0.15, -0.1) is 10.2 Å². The van der Waals surface area contributed by atoms with Crippen molar-refractivity contribution in [1.29, 1.82) is 0 Å². The first-order chi connectivity index (χ1) is 17.0. The number of amides is 2. The molecule has 10 nitrogen and oxygen atoms in total. The Morgan fingerprint density at radius 3 is 2.63 bits per heavy atom. The summed E-state index contributed by atoms with van der Waals surface area (Å²) in [5, 5.41) is 16.0. The summed E-state index contributed by atoms with van der Waals surface area (Å²) < 4.78 is 7.55. The number of pyridine rings is 1. The lowest BCUT2D eigenvalue weighted by Gasteiger charge is -2.31. The zero-order chi connectivity index (χ0) is 24.3. The Bertz CT molecular complexity index is 1170. The minimum absolute atomic E-state index is 0.0871. The molecule has 1 aliphatic carbocycles. The van der Waals surface area contributed by atoms with Gasteiger partial charge in [0.25, 0.3) is 0 Å². The number of likely N-dealkylation sites (tertiary alicyclic amines) is 1. The van der Waals surface area contributed by atoms with Gasteiger partial charge in [-0.2, -0.15) is 4.98 Å². The highest BCUT2D eigenvalue weighted by Crippen LogP contribution is 2.35. The summed E-state index contributed by atoms with van der Waals surface area (Å²) in [4.78, 5) is 31.3. The summed E-state index contributed by atoms with van der Waals surface area (Å²) >= 11 is 0. The predicted octanol–water partition coefficient (Wildman–Crippen LogP) is 3.14. The van der Waals surface area contributed by atoms with Crippen molar-refractivity contribution in [3.63, 3.8) is 0 Å². The van der Waals surface area contributed by atoms with Crippen LogP contribution in [0, 0.1) is 0 Å². The van der Waals surface area contributed by atoms with Gasteiger partial charge < -0.3 is 14.7 Å². The molecule has 2 aliphatic rings. The molecule has 186 valence electrons. The number of fused-ring (bicyclic) bond motifs is 1. The Kier molecular flexibility index (Phi) is 6.79. The second-order valence-electron chi connectivity index (χ2n) is 9.83. The van der Waals surface area contributed by atoms with E-state index in [0.29, 0.717) is 43.6 Å². The number of carbonyl (C=O) groups is 2. The van der Waals surface area contributed by atoms with E-state index in [-0.39, 0.29) is 11.8 Å². The van der Waals surface area contributed by atoms with Crippen LogP contribution in [0.4, 0.5) is 0 Å². The first-order valence-electron chi connectivity index (χ1n) is 12.7. The Hall–Kier alpha value is -3.30. The summed E-state index contributed by atoms with van der Waals surface area (Å²) in [6, 6.07) is 5.89. The number of carbonyl (C=O) groups excluding carboxylic acids is 2. The third kappa shape index (κ3) is 5.06. The van der Waals surface area contributed by atoms with Crippen LogP contribution in [0.1, 0.15) is 88.2 Å². The maximum Gasteiger partial charge on any atom is 0.227 e. The van der Waals surface area contributed by atoms with Crippen molar-refractivity contribution in [2.24, 2.45) is 0 Å². The van der Waals surface area contributed by atoms with Crippen LogP contribution in [0.15, 0.2) is 28.9 Å². The average molecular weight is 480 g/mol. The van der Waals surface area contributed by atoms with Gasteiger partial charge in [-0.05, 0) is 37.8 Å². The van der Waals surface area contributed by atoms with E-state index in [0.717, 1.165) is 62.8 Å². The lowest BCUT2D eigenvalue weighted by Crippen LogP contribution is -2.45. The quantitative estimate of drug-likeness (QED) is 0.540. The third-order valence-corrected chi connectivity index (χ3v) is 7.37. The molecule has 0 aromatic carbocycles. The lowest BCUT2D eigenvalue weighted by atomic mass is 9.89. The summed E-state index contributed by atoms with van der Waals surface area (Å²) in [7, 11) is 0. The van der Waals surface area contributed by atoms with Gasteiger partial charge in [0.1, 0.15) is 11.4 Å². The molecule has 4 heterocycles. The van der Waals surface area contributed by atoms with Crippen LogP contribution in [-0.2, 0) is 21.5 Å². The molecule has 0 bridgehead atoms. The molecule has 1 N–H and O–H groups in total. The molecule has 0 spiro atoms. The summed E-state index contributed by atoms with van der Waals surface area (Å²) in [6.45, 7) is 2.93. The molecule has 3 aromatic heterocycles. The van der Waals surface area contributed by atoms with Crippen LogP contribution in [-0.4, -0.2) is 54.5 Å². The fourth-order valence-corrected chi connectivity index (χ4v) is 5.52. The molecular formula is C25H33N7O3. The number of nitrogens with one attached hydrogen (secondary N) is 1. The predicted molar refractivity (Wildman–Crippen MR) is 127 cm³/mol. The van der Waals surface area contributed by atoms with Gasteiger partial charge in [0.2, 0.25) is 17.7 Å². The van der Waals surface area contributed by atoms with E-state index >= 15 is 0 Å². The van der Waals surface area contributed by atoms with Crippen molar-refractivity contribution in [2.75, 3.05) is 13.1 Å². The standard InChI is InChI=1S/C25H33N7O3/c1-18(33)27-25(13-5-2-3-6-14-25)24-26-21(35-30-24)9-10-22(34)31-16-11-19(12-17-31)23-29-28-20-8-4-7-15-32(20)23/h4,7-8,15,19H,2-3,5-6,9-14,16-17H2,1H3,(H,27,33). The first-order valence-corrected chi connectivity index (χ1v) is 12.7. The van der Waals surface area contributed by atoms with Crippen LogP contribution in [0.2, 0.25) is 0 Å². The number of hydrogen-bond acceptors (Lipinski definition) is 7. The molecule has 2 amide bonds. The number of aromatic nitrogens is 5. The van der Waals surface area contributed by atoms with Crippen molar-refractivity contribution in [3.8, 4) is 0 Å². The van der Waals surface area contributed by atoms with E-state index in [1.807, 2.05) is 33.7 Å². The monoisotopic (exact) mass is 479 g/mol. The van der Waals surface area contributed by atoms with E-state index in [9.17, 15) is 9.59 Å². The number of rotatable bonds is 6. The minimum Gasteiger partial charge on any atom is -0.343 e. The molecule has 3 aromatic rings. The summed E-state index contributed by atoms with van der Waals surface area (Å²) in [5.74, 6) is 2.26. The number of hydrogen-bond donors (Lipinski definition) is 1. The van der Waals surface area contributed by atoms with Gasteiger partial charge in [-0.1, -0.05) is 36.9 Å². The molecule has 0 unspecified atom stereocenters. The Balaban J connectivity index is 1.16. The molecule has 5 rings (SSSR count). The molecule has 35 heavy (non-hydrogen) atoms. The largest absolute Gasteiger partial charge is 0.343 e. The highest BCUT2D eigenvalue weighted by Gasteiger charge is 2.38. The van der Waals surface area contributed by atoms with E-state index < -0.39 is 5.54 Å². The van der Waals surface area contributed by atoms with Crippen LogP contribution >= 0.6 is 0 Å². The molecule has 0 radical (unpaired) electrons. The fourth-order valence-electron chi connectivity index (χ4n) is 5.52. The maximum absolute atomic E-state index is 12.9. The lowest BCUT2D eigenvalue weighted by molar-refractivity contribution is -0.132. The van der Waals surface area contributed by atoms with Crippen molar-refractivity contribution >= 4 is 17.5 Å². The van der Waals surface area contributed by atoms with Crippen molar-refractivity contribution in [3.05, 3.63) is 41.9 Å². The normalized spacial score (nSPS) is 18.9. The third-order valence-electron chi connectivity index (χ3n) is 7.37. The van der Waals surface area contributed by atoms with Gasteiger partial charge in [-0.25, -0.2) is 0 Å². The van der Waals surface area contributed by atoms with Gasteiger partial charge in [0, 0.05) is 45.0 Å². The van der Waals surface area contributed by atoms with Crippen LogP contribution in [0.5, 0.6) is 0 Å². The second-order valence-corrected chi connectivity index (χ2v) is 9.83. The molecular weight excluding hydrogens is 446 g/mol. The van der Waals surface area contributed by atoms with Gasteiger partial charge >= 0.3 is 0 Å². The van der Waals surface area contributed by atoms with Crippen molar-refractivity contribution in [2.45, 2.75) is 82.6 Å². The number of piperidine rings is 1. The van der Waals surface area contributed by atoms with E-state index in [1.165, 1.54) is 6.92 Å². The Labute approximate surface area is 204 Å². The summed E-state index contributed by atoms with van der Waals surface area (Å²) in [6.07, 6.45) is 10.4. The highest BCUT2D eigenvalue weighted by atomic mass is 16.5. The number of aryl methyl sites for hydroxylation is 1.